The number of rotatable bonds is 2. The summed E-state index contributed by atoms with van der Waals surface area (Å²) < 4.78 is 22.7. The van der Waals surface area contributed by atoms with Gasteiger partial charge >= 0.3 is 0 Å². The van der Waals surface area contributed by atoms with E-state index in [0.717, 1.165) is 65.0 Å². The molecule has 0 aromatic carbocycles. The third-order valence-corrected chi connectivity index (χ3v) is 8.75. The molecule has 196 valence electrons. The van der Waals surface area contributed by atoms with Crippen LogP contribution in [-0.2, 0) is 14.6 Å². The predicted octanol–water partition coefficient (Wildman–Crippen LogP) is 2.96. The Balaban J connectivity index is 0.000000291. The lowest BCUT2D eigenvalue weighted by Gasteiger charge is -2.34. The number of hydrogen-bond donors (Lipinski definition) is 0. The fraction of sp³-hybridized carbons (Fsp3) is 0.960. The Morgan fingerprint density at radius 2 is 1.24 bits per heavy atom. The average Bonchev–Trinajstić information content (AvgIpc) is 3.13. The molecule has 0 unspecified atom stereocenters. The monoisotopic (exact) mass is 488 g/mol. The van der Waals surface area contributed by atoms with Crippen molar-refractivity contribution in [3.05, 3.63) is 0 Å². The van der Waals surface area contributed by atoms with E-state index in [-0.39, 0.29) is 0 Å². The number of nitrogens with zero attached hydrogens (tertiary/aromatic N) is 4. The van der Waals surface area contributed by atoms with E-state index >= 15 is 0 Å². The third kappa shape index (κ3) is 10.6. The van der Waals surface area contributed by atoms with Crippen LogP contribution in [0.5, 0.6) is 0 Å². The first-order valence-electron chi connectivity index (χ1n) is 13.4. The molecule has 0 atom stereocenters. The molecule has 0 bridgehead atoms. The molecule has 4 fully saturated rings. The van der Waals surface area contributed by atoms with Gasteiger partial charge in [-0.3, -0.25) is 9.69 Å². The molecule has 8 heteroatoms. The average molecular weight is 489 g/mol. The normalized spacial score (nSPS) is 25.6. The van der Waals surface area contributed by atoms with Crippen LogP contribution in [-0.4, -0.2) is 117 Å². The zero-order chi connectivity index (χ0) is 24.9. The highest BCUT2D eigenvalue weighted by Gasteiger charge is 2.30. The van der Waals surface area contributed by atoms with Crippen molar-refractivity contribution >= 4 is 15.7 Å². The Kier molecular flexibility index (Phi) is 14.8. The summed E-state index contributed by atoms with van der Waals surface area (Å²) >= 11 is 0. The summed E-state index contributed by atoms with van der Waals surface area (Å²) in [5.41, 5.74) is 0. The van der Waals surface area contributed by atoms with E-state index in [9.17, 15) is 13.2 Å². The van der Waals surface area contributed by atoms with Crippen LogP contribution < -0.4 is 0 Å². The Bertz CT molecular complexity index is 622. The van der Waals surface area contributed by atoms with Gasteiger partial charge in [0.1, 0.15) is 9.84 Å². The van der Waals surface area contributed by atoms with Gasteiger partial charge in [0.05, 0.1) is 11.5 Å². The highest BCUT2D eigenvalue weighted by Crippen LogP contribution is 2.21. The highest BCUT2D eigenvalue weighted by atomic mass is 32.2. The van der Waals surface area contributed by atoms with Crippen LogP contribution in [0.2, 0.25) is 0 Å². The van der Waals surface area contributed by atoms with Crippen molar-refractivity contribution in [3.63, 3.8) is 0 Å². The molecule has 0 spiro atoms. The fourth-order valence-electron chi connectivity index (χ4n) is 5.04. The number of hydrogen-bond acceptors (Lipinski definition) is 6. The van der Waals surface area contributed by atoms with E-state index in [1.54, 1.807) is 0 Å². The van der Waals surface area contributed by atoms with Crippen molar-refractivity contribution in [2.45, 2.75) is 84.7 Å². The zero-order valence-corrected chi connectivity index (χ0v) is 23.2. The number of likely N-dealkylation sites (N-methyl/N-ethyl adjacent to an activating group) is 1. The third-order valence-electron chi connectivity index (χ3n) is 7.03. The number of amides is 1. The van der Waals surface area contributed by atoms with Crippen LogP contribution in [0.15, 0.2) is 0 Å². The van der Waals surface area contributed by atoms with E-state index in [1.165, 1.54) is 25.8 Å². The molecule has 33 heavy (non-hydrogen) atoms. The molecular weight excluding hydrogens is 436 g/mol. The summed E-state index contributed by atoms with van der Waals surface area (Å²) in [5.74, 6) is 1.17. The van der Waals surface area contributed by atoms with Crippen LogP contribution in [0.1, 0.15) is 72.6 Å². The van der Waals surface area contributed by atoms with E-state index in [1.807, 2.05) is 27.7 Å². The first-order chi connectivity index (χ1) is 15.8. The SMILES string of the molecule is CC.CC.CN1CCC(N2CCCC2=O)CC1.CN1CCCN(C2CCS(=O)(=O)CC2)CC1. The maximum atomic E-state index is 11.5. The summed E-state index contributed by atoms with van der Waals surface area (Å²) in [4.78, 5) is 20.8. The van der Waals surface area contributed by atoms with Crippen molar-refractivity contribution in [1.29, 1.82) is 0 Å². The molecule has 7 nitrogen and oxygen atoms in total. The van der Waals surface area contributed by atoms with Gasteiger partial charge in [0.15, 0.2) is 0 Å². The van der Waals surface area contributed by atoms with E-state index < -0.39 is 9.84 Å². The minimum atomic E-state index is -2.71. The van der Waals surface area contributed by atoms with Crippen molar-refractivity contribution < 1.29 is 13.2 Å². The number of sulfone groups is 1. The molecule has 4 saturated heterocycles. The lowest BCUT2D eigenvalue weighted by atomic mass is 10.0. The van der Waals surface area contributed by atoms with Crippen LogP contribution in [0.3, 0.4) is 0 Å². The summed E-state index contributed by atoms with van der Waals surface area (Å²) in [5, 5.41) is 0. The molecule has 0 N–H and O–H groups in total. The maximum Gasteiger partial charge on any atom is 0.222 e. The quantitative estimate of drug-likeness (QED) is 0.596. The molecule has 0 aromatic rings. The van der Waals surface area contributed by atoms with Gasteiger partial charge in [0, 0.05) is 38.1 Å². The van der Waals surface area contributed by atoms with Crippen LogP contribution >= 0.6 is 0 Å². The lowest BCUT2D eigenvalue weighted by molar-refractivity contribution is -0.130. The van der Waals surface area contributed by atoms with Crippen LogP contribution in [0, 0.1) is 0 Å². The van der Waals surface area contributed by atoms with Crippen LogP contribution in [0.25, 0.3) is 0 Å². The first-order valence-corrected chi connectivity index (χ1v) is 15.3. The Morgan fingerprint density at radius 1 is 0.667 bits per heavy atom. The molecule has 0 aliphatic carbocycles. The molecule has 4 aliphatic rings. The number of carbonyl (C=O) groups is 1. The summed E-state index contributed by atoms with van der Waals surface area (Å²) in [6.07, 6.45) is 7.08. The van der Waals surface area contributed by atoms with E-state index in [4.69, 9.17) is 0 Å². The topological polar surface area (TPSA) is 64.2 Å². The van der Waals surface area contributed by atoms with Crippen molar-refractivity contribution in [2.24, 2.45) is 0 Å². The maximum absolute atomic E-state index is 11.5. The van der Waals surface area contributed by atoms with Gasteiger partial charge in [-0.1, -0.05) is 27.7 Å². The largest absolute Gasteiger partial charge is 0.340 e. The minimum Gasteiger partial charge on any atom is -0.340 e. The standard InChI is InChI=1S/C11H22N2O2S.C10H18N2O.2C2H6/c1-12-5-2-6-13(8-7-12)11-3-9-16(14,15)10-4-11;1-11-7-4-9(5-8-11)12-6-2-3-10(12)13;2*1-2/h11H,2-10H2,1H3;9H,2-8H2,1H3;2*1-2H3. The van der Waals surface area contributed by atoms with Crippen molar-refractivity contribution in [2.75, 3.05) is 71.4 Å². The Morgan fingerprint density at radius 3 is 1.79 bits per heavy atom. The second kappa shape index (κ2) is 16.1. The highest BCUT2D eigenvalue weighted by molar-refractivity contribution is 7.91. The van der Waals surface area contributed by atoms with Gasteiger partial charge < -0.3 is 14.7 Å². The van der Waals surface area contributed by atoms with Gasteiger partial charge in [-0.05, 0) is 78.8 Å². The Labute approximate surface area is 204 Å². The number of likely N-dealkylation sites (tertiary alicyclic amines) is 2. The molecular formula is C25H52N4O3S. The lowest BCUT2D eigenvalue weighted by Crippen LogP contribution is -2.44. The van der Waals surface area contributed by atoms with E-state index in [2.05, 4.69) is 33.7 Å². The van der Waals surface area contributed by atoms with Gasteiger partial charge in [-0.2, -0.15) is 0 Å². The Hall–Kier alpha value is -0.700. The van der Waals surface area contributed by atoms with Crippen LogP contribution in [0.4, 0.5) is 0 Å². The number of piperidine rings is 1. The number of carbonyl (C=O) groups excluding carboxylic acids is 1. The van der Waals surface area contributed by atoms with E-state index in [0.29, 0.717) is 29.5 Å². The molecule has 4 heterocycles. The van der Waals surface area contributed by atoms with Gasteiger partial charge in [-0.25, -0.2) is 8.42 Å². The second-order valence-corrected chi connectivity index (χ2v) is 11.6. The first kappa shape index (κ1) is 30.3. The smallest absolute Gasteiger partial charge is 0.222 e. The zero-order valence-electron chi connectivity index (χ0n) is 22.4. The summed E-state index contributed by atoms with van der Waals surface area (Å²) in [6.45, 7) is 15.8. The molecule has 0 saturated carbocycles. The molecule has 4 rings (SSSR count). The van der Waals surface area contributed by atoms with Gasteiger partial charge in [0.2, 0.25) is 5.91 Å². The minimum absolute atomic E-state index is 0.384. The summed E-state index contributed by atoms with van der Waals surface area (Å²) in [7, 11) is 1.61. The molecule has 4 aliphatic heterocycles. The molecule has 1 amide bonds. The molecule has 0 radical (unpaired) electrons. The fourth-order valence-corrected chi connectivity index (χ4v) is 6.50. The predicted molar refractivity (Wildman–Crippen MR) is 140 cm³/mol. The molecule has 0 aromatic heterocycles. The summed E-state index contributed by atoms with van der Waals surface area (Å²) in [6, 6.07) is 1.06. The van der Waals surface area contributed by atoms with Crippen molar-refractivity contribution in [1.82, 2.24) is 19.6 Å². The van der Waals surface area contributed by atoms with Gasteiger partial charge in [-0.15, -0.1) is 0 Å². The second-order valence-electron chi connectivity index (χ2n) is 9.30. The van der Waals surface area contributed by atoms with Gasteiger partial charge in [0.25, 0.3) is 0 Å². The van der Waals surface area contributed by atoms with Crippen molar-refractivity contribution in [3.8, 4) is 0 Å².